The minimum Gasteiger partial charge on any atom is -0.468 e. The highest BCUT2D eigenvalue weighted by atomic mass is 79.9. The number of piperidine rings is 1. The molecule has 0 bridgehead atoms. The predicted molar refractivity (Wildman–Crippen MR) is 127 cm³/mol. The number of halogens is 1. The van der Waals surface area contributed by atoms with Gasteiger partial charge in [0.1, 0.15) is 18.7 Å². The smallest absolute Gasteiger partial charge is 0.410 e. The molecule has 3 rings (SSSR count). The Morgan fingerprint density at radius 1 is 1.21 bits per heavy atom. The molecule has 0 saturated carbocycles. The van der Waals surface area contributed by atoms with Crippen molar-refractivity contribution >= 4 is 44.8 Å². The standard InChI is InChI=1S/C23H31BrN4O5/c1-23(2,3)33-22(31)27-11-9-15(10-12-27)21-20-16(24)7-6-8-17(20)28(25-21)13-18(29)26(4)14-19(30)32-5/h6-8,15H,9-14H2,1-5H3. The first-order valence-corrected chi connectivity index (χ1v) is 11.7. The zero-order valence-corrected chi connectivity index (χ0v) is 21.3. The number of amides is 2. The average molecular weight is 523 g/mol. The van der Waals surface area contributed by atoms with Gasteiger partial charge in [-0.3, -0.25) is 14.3 Å². The zero-order chi connectivity index (χ0) is 24.3. The number of likely N-dealkylation sites (tertiary alicyclic amines) is 1. The van der Waals surface area contributed by atoms with Gasteiger partial charge >= 0.3 is 12.1 Å². The average Bonchev–Trinajstić information content (AvgIpc) is 3.12. The van der Waals surface area contributed by atoms with Crippen molar-refractivity contribution in [2.75, 3.05) is 33.8 Å². The number of esters is 1. The molecule has 180 valence electrons. The minimum atomic E-state index is -0.526. The number of hydrogen-bond donors (Lipinski definition) is 0. The van der Waals surface area contributed by atoms with Crippen molar-refractivity contribution in [2.45, 2.75) is 51.7 Å². The van der Waals surface area contributed by atoms with Crippen LogP contribution in [0.3, 0.4) is 0 Å². The maximum atomic E-state index is 12.7. The van der Waals surface area contributed by atoms with Gasteiger partial charge in [-0.1, -0.05) is 22.0 Å². The number of likely N-dealkylation sites (N-methyl/N-ethyl adjacent to an activating group) is 1. The topological polar surface area (TPSA) is 94.0 Å². The molecule has 0 N–H and O–H groups in total. The summed E-state index contributed by atoms with van der Waals surface area (Å²) in [5.41, 5.74) is 1.22. The van der Waals surface area contributed by atoms with Crippen molar-refractivity contribution < 1.29 is 23.9 Å². The summed E-state index contributed by atoms with van der Waals surface area (Å²) in [5.74, 6) is -0.568. The lowest BCUT2D eigenvalue weighted by molar-refractivity contribution is -0.146. The molecule has 2 aromatic rings. The van der Waals surface area contributed by atoms with Gasteiger partial charge in [0.15, 0.2) is 0 Å². The van der Waals surface area contributed by atoms with Gasteiger partial charge in [-0.15, -0.1) is 0 Å². The number of hydrogen-bond acceptors (Lipinski definition) is 6. The Balaban J connectivity index is 1.79. The molecule has 2 amide bonds. The number of carbonyl (C=O) groups excluding carboxylic acids is 3. The zero-order valence-electron chi connectivity index (χ0n) is 19.8. The van der Waals surface area contributed by atoms with Crippen molar-refractivity contribution in [3.63, 3.8) is 0 Å². The van der Waals surface area contributed by atoms with E-state index in [1.54, 1.807) is 16.6 Å². The molecular formula is C23H31BrN4O5. The molecule has 0 radical (unpaired) electrons. The fourth-order valence-corrected chi connectivity index (χ4v) is 4.44. The molecule has 9 nitrogen and oxygen atoms in total. The summed E-state index contributed by atoms with van der Waals surface area (Å²) in [6.07, 6.45) is 1.21. The molecule has 1 aromatic carbocycles. The third-order valence-corrected chi connectivity index (χ3v) is 6.25. The van der Waals surface area contributed by atoms with Crippen LogP contribution in [-0.4, -0.2) is 76.9 Å². The second-order valence-electron chi connectivity index (χ2n) is 9.24. The number of fused-ring (bicyclic) bond motifs is 1. The Hall–Kier alpha value is -2.62. The molecule has 2 heterocycles. The van der Waals surface area contributed by atoms with Crippen LogP contribution in [0, 0.1) is 0 Å². The molecule has 0 atom stereocenters. The lowest BCUT2D eigenvalue weighted by Gasteiger charge is -2.33. The summed E-state index contributed by atoms with van der Waals surface area (Å²) in [5, 5.41) is 5.78. The third kappa shape index (κ3) is 6.04. The summed E-state index contributed by atoms with van der Waals surface area (Å²) in [6, 6.07) is 5.79. The quantitative estimate of drug-likeness (QED) is 0.557. The molecule has 1 fully saturated rings. The van der Waals surface area contributed by atoms with Gasteiger partial charge in [0.2, 0.25) is 5.91 Å². The number of nitrogens with zero attached hydrogens (tertiary/aromatic N) is 4. The van der Waals surface area contributed by atoms with Crippen molar-refractivity contribution in [2.24, 2.45) is 0 Å². The summed E-state index contributed by atoms with van der Waals surface area (Å²) in [6.45, 7) is 6.64. The predicted octanol–water partition coefficient (Wildman–Crippen LogP) is 3.54. The van der Waals surface area contributed by atoms with Crippen molar-refractivity contribution in [3.05, 3.63) is 28.4 Å². The largest absolute Gasteiger partial charge is 0.468 e. The number of ether oxygens (including phenoxy) is 2. The highest BCUT2D eigenvalue weighted by Gasteiger charge is 2.30. The van der Waals surface area contributed by atoms with Crippen LogP contribution in [-0.2, 0) is 25.6 Å². The minimum absolute atomic E-state index is 0.0111. The number of methoxy groups -OCH3 is 1. The van der Waals surface area contributed by atoms with Gasteiger partial charge in [-0.25, -0.2) is 4.79 Å². The van der Waals surface area contributed by atoms with Gasteiger partial charge in [0, 0.05) is 35.9 Å². The Kier molecular flexibility index (Phi) is 7.66. The first kappa shape index (κ1) is 25.0. The Bertz CT molecular complexity index is 1040. The van der Waals surface area contributed by atoms with Crippen LogP contribution in [0.15, 0.2) is 22.7 Å². The molecule has 1 aliphatic heterocycles. The monoisotopic (exact) mass is 522 g/mol. The maximum absolute atomic E-state index is 12.7. The van der Waals surface area contributed by atoms with E-state index < -0.39 is 11.6 Å². The molecule has 1 aromatic heterocycles. The fraction of sp³-hybridized carbons (Fsp3) is 0.565. The van der Waals surface area contributed by atoms with E-state index in [2.05, 4.69) is 20.7 Å². The van der Waals surface area contributed by atoms with Gasteiger partial charge in [-0.2, -0.15) is 5.10 Å². The lowest BCUT2D eigenvalue weighted by Crippen LogP contribution is -2.41. The molecular weight excluding hydrogens is 492 g/mol. The van der Waals surface area contributed by atoms with Crippen molar-refractivity contribution in [1.82, 2.24) is 19.6 Å². The van der Waals surface area contributed by atoms with Gasteiger partial charge in [0.05, 0.1) is 18.3 Å². The summed E-state index contributed by atoms with van der Waals surface area (Å²) in [4.78, 5) is 39.7. The van der Waals surface area contributed by atoms with Gasteiger partial charge in [0.25, 0.3) is 0 Å². The molecule has 1 saturated heterocycles. The summed E-state index contributed by atoms with van der Waals surface area (Å²) in [7, 11) is 2.85. The van der Waals surface area contributed by atoms with Crippen molar-refractivity contribution in [3.8, 4) is 0 Å². The first-order valence-electron chi connectivity index (χ1n) is 10.9. The number of aromatic nitrogens is 2. The van der Waals surface area contributed by atoms with Crippen LogP contribution in [0.4, 0.5) is 4.79 Å². The van der Waals surface area contributed by atoms with Crippen LogP contribution < -0.4 is 0 Å². The van der Waals surface area contributed by atoms with E-state index in [1.807, 2.05) is 39.0 Å². The second kappa shape index (κ2) is 10.1. The number of benzene rings is 1. The van der Waals surface area contributed by atoms with Crippen LogP contribution in [0.25, 0.3) is 10.9 Å². The van der Waals surface area contributed by atoms with E-state index >= 15 is 0 Å². The fourth-order valence-electron chi connectivity index (χ4n) is 3.88. The summed E-state index contributed by atoms with van der Waals surface area (Å²) >= 11 is 3.64. The van der Waals surface area contributed by atoms with Crippen LogP contribution in [0.1, 0.15) is 45.2 Å². The second-order valence-corrected chi connectivity index (χ2v) is 10.1. The Labute approximate surface area is 202 Å². The third-order valence-electron chi connectivity index (χ3n) is 5.59. The van der Waals surface area contributed by atoms with E-state index in [-0.39, 0.29) is 31.0 Å². The van der Waals surface area contributed by atoms with Gasteiger partial charge < -0.3 is 19.3 Å². The van der Waals surface area contributed by atoms with E-state index in [0.717, 1.165) is 33.9 Å². The van der Waals surface area contributed by atoms with Crippen LogP contribution in [0.2, 0.25) is 0 Å². The van der Waals surface area contributed by atoms with Gasteiger partial charge in [-0.05, 0) is 45.7 Å². The molecule has 10 heteroatoms. The lowest BCUT2D eigenvalue weighted by atomic mass is 9.92. The first-order chi connectivity index (χ1) is 15.5. The molecule has 0 unspecified atom stereocenters. The van der Waals surface area contributed by atoms with Crippen molar-refractivity contribution in [1.29, 1.82) is 0 Å². The molecule has 0 spiro atoms. The number of rotatable bonds is 5. The van der Waals surface area contributed by atoms with E-state index in [0.29, 0.717) is 13.1 Å². The number of carbonyl (C=O) groups is 3. The highest BCUT2D eigenvalue weighted by molar-refractivity contribution is 9.10. The Morgan fingerprint density at radius 3 is 2.48 bits per heavy atom. The Morgan fingerprint density at radius 2 is 1.88 bits per heavy atom. The highest BCUT2D eigenvalue weighted by Crippen LogP contribution is 2.36. The van der Waals surface area contributed by atoms with E-state index in [1.165, 1.54) is 12.0 Å². The van der Waals surface area contributed by atoms with Crippen LogP contribution >= 0.6 is 15.9 Å². The van der Waals surface area contributed by atoms with Crippen LogP contribution in [0.5, 0.6) is 0 Å². The molecule has 0 aliphatic carbocycles. The van der Waals surface area contributed by atoms with E-state index in [4.69, 9.17) is 9.84 Å². The molecule has 1 aliphatic rings. The normalized spacial score (nSPS) is 14.9. The van der Waals surface area contributed by atoms with E-state index in [9.17, 15) is 14.4 Å². The summed E-state index contributed by atoms with van der Waals surface area (Å²) < 4.78 is 12.7. The SMILES string of the molecule is COC(=O)CN(C)C(=O)Cn1nc(C2CCN(C(=O)OC(C)(C)C)CC2)c2c(Br)cccc21. The molecule has 33 heavy (non-hydrogen) atoms. The maximum Gasteiger partial charge on any atom is 0.410 e.